The van der Waals surface area contributed by atoms with Gasteiger partial charge in [-0.05, 0) is 57.3 Å². The SMILES string of the molecule is Fc1ccc(-c2nc(-c3ccc(-c4ccc(-c5ccccc5)cc4)cc3)nc(-c3ccc(F)c4ccccc34)n2)c2ccccc12. The fourth-order valence-electron chi connectivity index (χ4n) is 5.96. The quantitative estimate of drug-likeness (QED) is 0.198. The molecule has 0 radical (unpaired) electrons. The van der Waals surface area contributed by atoms with Crippen LogP contribution in [-0.2, 0) is 0 Å². The minimum Gasteiger partial charge on any atom is -0.208 e. The third-order valence-electron chi connectivity index (χ3n) is 8.33. The number of benzene rings is 7. The molecule has 0 aliphatic heterocycles. The molecule has 0 saturated heterocycles. The van der Waals surface area contributed by atoms with Crippen LogP contribution >= 0.6 is 0 Å². The van der Waals surface area contributed by atoms with Crippen molar-refractivity contribution in [3.8, 4) is 56.4 Å². The molecule has 8 aromatic rings. The molecule has 0 aliphatic rings. The standard InChI is InChI=1S/C41H25F2N3/c42-37-24-22-35(31-10-4-6-12-33(31)37)40-44-39(45-41(46-40)36-23-25-38(43)34-13-7-5-11-32(34)36)30-20-18-29(19-21-30)28-16-14-27(15-17-28)26-8-2-1-3-9-26/h1-25H. The van der Waals surface area contributed by atoms with E-state index in [0.717, 1.165) is 22.3 Å². The van der Waals surface area contributed by atoms with Gasteiger partial charge in [0.05, 0.1) is 0 Å². The Morgan fingerprint density at radius 2 is 0.630 bits per heavy atom. The first-order chi connectivity index (χ1) is 22.6. The van der Waals surface area contributed by atoms with E-state index < -0.39 is 0 Å². The molecule has 0 aliphatic carbocycles. The van der Waals surface area contributed by atoms with Crippen LogP contribution in [0, 0.1) is 11.6 Å². The van der Waals surface area contributed by atoms with E-state index >= 15 is 0 Å². The van der Waals surface area contributed by atoms with Gasteiger partial charge in [0, 0.05) is 27.5 Å². The van der Waals surface area contributed by atoms with E-state index in [4.69, 9.17) is 15.0 Å². The third kappa shape index (κ3) is 4.98. The summed E-state index contributed by atoms with van der Waals surface area (Å²) in [5, 5.41) is 2.37. The summed E-state index contributed by atoms with van der Waals surface area (Å²) in [5.41, 5.74) is 6.66. The zero-order chi connectivity index (χ0) is 31.0. The highest BCUT2D eigenvalue weighted by Gasteiger charge is 2.17. The van der Waals surface area contributed by atoms with Crippen LogP contribution in [0.15, 0.2) is 152 Å². The largest absolute Gasteiger partial charge is 0.208 e. The van der Waals surface area contributed by atoms with Crippen molar-refractivity contribution >= 4 is 21.5 Å². The van der Waals surface area contributed by atoms with Crippen LogP contribution in [0.5, 0.6) is 0 Å². The predicted octanol–water partition coefficient (Wildman–Crippen LogP) is 10.8. The molecule has 0 N–H and O–H groups in total. The van der Waals surface area contributed by atoms with Gasteiger partial charge in [-0.3, -0.25) is 0 Å². The number of halogens is 2. The van der Waals surface area contributed by atoms with Crippen LogP contribution in [0.25, 0.3) is 78.0 Å². The smallest absolute Gasteiger partial charge is 0.164 e. The van der Waals surface area contributed by atoms with Crippen molar-refractivity contribution in [2.45, 2.75) is 0 Å². The highest BCUT2D eigenvalue weighted by molar-refractivity contribution is 5.98. The molecule has 1 aromatic heterocycles. The van der Waals surface area contributed by atoms with Gasteiger partial charge in [-0.25, -0.2) is 23.7 Å². The number of hydrogen-bond donors (Lipinski definition) is 0. The minimum atomic E-state index is -0.314. The molecule has 8 rings (SSSR count). The van der Waals surface area contributed by atoms with E-state index in [2.05, 4.69) is 48.5 Å². The summed E-state index contributed by atoms with van der Waals surface area (Å²) < 4.78 is 29.6. The Kier molecular flexibility index (Phi) is 6.84. The molecular weight excluding hydrogens is 572 g/mol. The molecule has 1 heterocycles. The molecular formula is C41H25F2N3. The minimum absolute atomic E-state index is 0.314. The van der Waals surface area contributed by atoms with Crippen LogP contribution in [0.3, 0.4) is 0 Å². The Bertz CT molecular complexity index is 2270. The third-order valence-corrected chi connectivity index (χ3v) is 8.33. The van der Waals surface area contributed by atoms with E-state index in [1.165, 1.54) is 17.7 Å². The zero-order valence-corrected chi connectivity index (χ0v) is 24.5. The van der Waals surface area contributed by atoms with E-state index in [0.29, 0.717) is 50.1 Å². The normalized spacial score (nSPS) is 11.3. The van der Waals surface area contributed by atoms with Gasteiger partial charge in [0.15, 0.2) is 17.5 Å². The number of rotatable bonds is 5. The first kappa shape index (κ1) is 27.5. The van der Waals surface area contributed by atoms with Gasteiger partial charge in [0.1, 0.15) is 11.6 Å². The fraction of sp³-hybridized carbons (Fsp3) is 0. The van der Waals surface area contributed by atoms with Crippen molar-refractivity contribution in [1.29, 1.82) is 0 Å². The molecule has 218 valence electrons. The molecule has 0 unspecified atom stereocenters. The summed E-state index contributed by atoms with van der Waals surface area (Å²) in [6, 6.07) is 47.7. The van der Waals surface area contributed by atoms with Gasteiger partial charge in [-0.15, -0.1) is 0 Å². The maximum absolute atomic E-state index is 14.8. The van der Waals surface area contributed by atoms with Crippen molar-refractivity contribution in [1.82, 2.24) is 15.0 Å². The number of hydrogen-bond acceptors (Lipinski definition) is 3. The Balaban J connectivity index is 1.25. The topological polar surface area (TPSA) is 38.7 Å². The fourth-order valence-corrected chi connectivity index (χ4v) is 5.96. The maximum Gasteiger partial charge on any atom is 0.164 e. The first-order valence-electron chi connectivity index (χ1n) is 15.0. The monoisotopic (exact) mass is 597 g/mol. The summed E-state index contributed by atoms with van der Waals surface area (Å²) >= 11 is 0. The van der Waals surface area contributed by atoms with Crippen molar-refractivity contribution in [3.05, 3.63) is 163 Å². The molecule has 0 atom stereocenters. The number of nitrogens with zero attached hydrogens (tertiary/aromatic N) is 3. The summed E-state index contributed by atoms with van der Waals surface area (Å²) in [6.45, 7) is 0. The molecule has 46 heavy (non-hydrogen) atoms. The lowest BCUT2D eigenvalue weighted by Crippen LogP contribution is -2.01. The lowest BCUT2D eigenvalue weighted by molar-refractivity contribution is 0.639. The van der Waals surface area contributed by atoms with E-state index in [9.17, 15) is 8.78 Å². The van der Waals surface area contributed by atoms with E-state index in [1.807, 2.05) is 54.6 Å². The molecule has 7 aromatic carbocycles. The van der Waals surface area contributed by atoms with Crippen LogP contribution in [0.2, 0.25) is 0 Å². The summed E-state index contributed by atoms with van der Waals surface area (Å²) in [7, 11) is 0. The second-order valence-electron chi connectivity index (χ2n) is 11.1. The Morgan fingerprint density at radius 1 is 0.283 bits per heavy atom. The van der Waals surface area contributed by atoms with Gasteiger partial charge in [0.25, 0.3) is 0 Å². The Labute approximate surface area is 264 Å². The summed E-state index contributed by atoms with van der Waals surface area (Å²) in [5.74, 6) is 0.652. The van der Waals surface area contributed by atoms with E-state index in [-0.39, 0.29) is 11.6 Å². The van der Waals surface area contributed by atoms with Crippen LogP contribution in [0.4, 0.5) is 8.78 Å². The highest BCUT2D eigenvalue weighted by atomic mass is 19.1. The van der Waals surface area contributed by atoms with Crippen molar-refractivity contribution in [3.63, 3.8) is 0 Å². The van der Waals surface area contributed by atoms with Gasteiger partial charge >= 0.3 is 0 Å². The van der Waals surface area contributed by atoms with Crippen molar-refractivity contribution in [2.24, 2.45) is 0 Å². The number of fused-ring (bicyclic) bond motifs is 2. The van der Waals surface area contributed by atoms with Gasteiger partial charge in [0.2, 0.25) is 0 Å². The average Bonchev–Trinajstić information content (AvgIpc) is 3.12. The molecule has 0 amide bonds. The zero-order valence-electron chi connectivity index (χ0n) is 24.5. The predicted molar refractivity (Wildman–Crippen MR) is 182 cm³/mol. The van der Waals surface area contributed by atoms with E-state index in [1.54, 1.807) is 36.4 Å². The molecule has 5 heteroatoms. The lowest BCUT2D eigenvalue weighted by Gasteiger charge is -2.12. The molecule has 0 saturated carbocycles. The average molecular weight is 598 g/mol. The molecule has 3 nitrogen and oxygen atoms in total. The number of aromatic nitrogens is 3. The van der Waals surface area contributed by atoms with Crippen molar-refractivity contribution in [2.75, 3.05) is 0 Å². The van der Waals surface area contributed by atoms with Gasteiger partial charge in [-0.1, -0.05) is 127 Å². The lowest BCUT2D eigenvalue weighted by atomic mass is 9.99. The summed E-state index contributed by atoms with van der Waals surface area (Å²) in [6.07, 6.45) is 0. The molecule has 0 bridgehead atoms. The Hall–Kier alpha value is -6.07. The first-order valence-corrected chi connectivity index (χ1v) is 15.0. The van der Waals surface area contributed by atoms with Gasteiger partial charge in [-0.2, -0.15) is 0 Å². The second-order valence-corrected chi connectivity index (χ2v) is 11.1. The van der Waals surface area contributed by atoms with Crippen molar-refractivity contribution < 1.29 is 8.78 Å². The highest BCUT2D eigenvalue weighted by Crippen LogP contribution is 2.34. The molecule has 0 spiro atoms. The second kappa shape index (κ2) is 11.5. The molecule has 0 fully saturated rings. The van der Waals surface area contributed by atoms with Crippen LogP contribution in [0.1, 0.15) is 0 Å². The van der Waals surface area contributed by atoms with Gasteiger partial charge < -0.3 is 0 Å². The Morgan fingerprint density at radius 3 is 1.09 bits per heavy atom. The maximum atomic E-state index is 14.8. The van der Waals surface area contributed by atoms with Crippen LogP contribution in [-0.4, -0.2) is 15.0 Å². The van der Waals surface area contributed by atoms with Crippen LogP contribution < -0.4 is 0 Å². The summed E-state index contributed by atoms with van der Waals surface area (Å²) in [4.78, 5) is 14.7.